The number of carbonyl (C=O) groups is 1. The molecule has 5 aromatic rings. The van der Waals surface area contributed by atoms with E-state index in [1.807, 2.05) is 55.5 Å². The van der Waals surface area contributed by atoms with Crippen molar-refractivity contribution in [1.82, 2.24) is 30.5 Å². The molecule has 3 N–H and O–H groups in total. The molecule has 31 heavy (non-hydrogen) atoms. The van der Waals surface area contributed by atoms with Crippen molar-refractivity contribution in [3.8, 4) is 17.0 Å². The molecule has 0 aliphatic rings. The number of imidazole rings is 1. The van der Waals surface area contributed by atoms with Gasteiger partial charge >= 0.3 is 0 Å². The third kappa shape index (κ3) is 3.48. The van der Waals surface area contributed by atoms with Gasteiger partial charge in [-0.1, -0.05) is 12.1 Å². The Bertz CT molecular complexity index is 1390. The Morgan fingerprint density at radius 3 is 2.58 bits per heavy atom. The summed E-state index contributed by atoms with van der Waals surface area (Å²) >= 11 is 0. The van der Waals surface area contributed by atoms with Crippen LogP contribution in [0, 0.1) is 0 Å². The molecule has 0 radical (unpaired) electrons. The maximum atomic E-state index is 12.8. The number of aromatic amines is 2. The first-order chi connectivity index (χ1) is 15.1. The lowest BCUT2D eigenvalue weighted by molar-refractivity contribution is 0.0930. The Morgan fingerprint density at radius 2 is 1.81 bits per heavy atom. The standard InChI is InChI=1S/C23H20N6O2/c1-13(15-4-3-5-16(10-15)31-2)25-23(30)22-26-19-11-17-18(12-20(19)27-22)28-29-21(17)14-6-8-24-9-7-14/h3-13,28-29H,1-2H3,(H,25,30)/t13-/m1/s1. The molecule has 2 aromatic carbocycles. The summed E-state index contributed by atoms with van der Waals surface area (Å²) in [5.41, 5.74) is 5.08. The summed E-state index contributed by atoms with van der Waals surface area (Å²) in [5.74, 6) is 0.564. The second-order valence-electron chi connectivity index (χ2n) is 7.27. The minimum atomic E-state index is -0.323. The fourth-order valence-electron chi connectivity index (χ4n) is 3.62. The Balaban J connectivity index is 1.44. The van der Waals surface area contributed by atoms with Gasteiger partial charge in [0.25, 0.3) is 5.91 Å². The van der Waals surface area contributed by atoms with Gasteiger partial charge in [-0.3, -0.25) is 14.9 Å². The van der Waals surface area contributed by atoms with Crippen molar-refractivity contribution in [2.45, 2.75) is 13.0 Å². The number of ether oxygens (including phenoxy) is 1. The van der Waals surface area contributed by atoms with Crippen LogP contribution < -0.4 is 10.1 Å². The summed E-state index contributed by atoms with van der Waals surface area (Å²) in [5, 5.41) is 10.3. The number of methoxy groups -OCH3 is 1. The van der Waals surface area contributed by atoms with E-state index in [0.717, 1.165) is 33.5 Å². The molecule has 8 heteroatoms. The van der Waals surface area contributed by atoms with Crippen LogP contribution in [0.1, 0.15) is 29.1 Å². The molecule has 0 unspecified atom stereocenters. The van der Waals surface area contributed by atoms with E-state index in [1.54, 1.807) is 19.5 Å². The monoisotopic (exact) mass is 412 g/mol. The van der Waals surface area contributed by atoms with Gasteiger partial charge in [0, 0.05) is 23.3 Å². The average molecular weight is 412 g/mol. The number of fused-ring (bicyclic) bond motifs is 2. The number of pyridine rings is 1. The summed E-state index contributed by atoms with van der Waals surface area (Å²) in [6, 6.07) is 15.1. The Morgan fingerprint density at radius 1 is 1.03 bits per heavy atom. The molecular formula is C23H20N6O2. The minimum Gasteiger partial charge on any atom is -0.497 e. The van der Waals surface area contributed by atoms with E-state index in [1.165, 1.54) is 0 Å². The number of benzene rings is 2. The van der Waals surface area contributed by atoms with Gasteiger partial charge in [0.15, 0.2) is 0 Å². The van der Waals surface area contributed by atoms with Crippen LogP contribution in [0.15, 0.2) is 60.9 Å². The molecule has 1 atom stereocenters. The number of nitrogens with zero attached hydrogens (tertiary/aromatic N) is 3. The highest BCUT2D eigenvalue weighted by Gasteiger charge is 2.18. The molecule has 0 saturated heterocycles. The molecular weight excluding hydrogens is 392 g/mol. The van der Waals surface area contributed by atoms with E-state index < -0.39 is 0 Å². The second kappa shape index (κ2) is 7.56. The molecule has 154 valence electrons. The highest BCUT2D eigenvalue weighted by Crippen LogP contribution is 2.29. The van der Waals surface area contributed by atoms with E-state index >= 15 is 0 Å². The van der Waals surface area contributed by atoms with Crippen LogP contribution in [0.2, 0.25) is 0 Å². The van der Waals surface area contributed by atoms with E-state index in [0.29, 0.717) is 11.0 Å². The first-order valence-electron chi connectivity index (χ1n) is 9.85. The topological polar surface area (TPSA) is 109 Å². The number of hydrogen-bond donors (Lipinski definition) is 3. The summed E-state index contributed by atoms with van der Waals surface area (Å²) in [6.45, 7) is 1.91. The van der Waals surface area contributed by atoms with Gasteiger partial charge in [0.2, 0.25) is 5.82 Å². The third-order valence-electron chi connectivity index (χ3n) is 5.27. The van der Waals surface area contributed by atoms with Crippen LogP contribution in [0.3, 0.4) is 0 Å². The van der Waals surface area contributed by atoms with Crippen molar-refractivity contribution in [2.24, 2.45) is 0 Å². The van der Waals surface area contributed by atoms with Crippen LogP contribution >= 0.6 is 0 Å². The highest BCUT2D eigenvalue weighted by molar-refractivity contribution is 6.02. The summed E-state index contributed by atoms with van der Waals surface area (Å²) < 4.78 is 5.26. The lowest BCUT2D eigenvalue weighted by atomic mass is 10.1. The SMILES string of the molecule is COc1cccc([C@@H](C)NC(=O)c2nc3cc4[nH][nH]c(-c5ccncc5)c4cc3n2)c1. The smallest absolute Gasteiger partial charge is 0.289 e. The molecule has 0 spiro atoms. The zero-order valence-electron chi connectivity index (χ0n) is 17.0. The summed E-state index contributed by atoms with van der Waals surface area (Å²) in [4.78, 5) is 25.8. The number of nitrogens with one attached hydrogen (secondary N) is 3. The van der Waals surface area contributed by atoms with Gasteiger partial charge in [0.1, 0.15) is 5.75 Å². The van der Waals surface area contributed by atoms with Crippen LogP contribution in [0.4, 0.5) is 0 Å². The maximum absolute atomic E-state index is 12.8. The molecule has 0 aliphatic carbocycles. The number of carbonyl (C=O) groups excluding carboxylic acids is 1. The first-order valence-corrected chi connectivity index (χ1v) is 9.85. The van der Waals surface area contributed by atoms with Crippen LogP contribution in [-0.4, -0.2) is 38.2 Å². The van der Waals surface area contributed by atoms with Crippen LogP contribution in [0.25, 0.3) is 33.2 Å². The van der Waals surface area contributed by atoms with E-state index in [9.17, 15) is 4.79 Å². The Kier molecular flexibility index (Phi) is 4.59. The largest absolute Gasteiger partial charge is 0.497 e. The first kappa shape index (κ1) is 18.8. The molecule has 5 rings (SSSR count). The molecule has 3 heterocycles. The van der Waals surface area contributed by atoms with Gasteiger partial charge in [-0.2, -0.15) is 0 Å². The van der Waals surface area contributed by atoms with Crippen molar-refractivity contribution < 1.29 is 9.53 Å². The van der Waals surface area contributed by atoms with Gasteiger partial charge in [-0.05, 0) is 48.9 Å². The highest BCUT2D eigenvalue weighted by atomic mass is 16.5. The maximum Gasteiger partial charge on any atom is 0.289 e. The summed E-state index contributed by atoms with van der Waals surface area (Å²) in [7, 11) is 1.62. The lowest BCUT2D eigenvalue weighted by Gasteiger charge is -2.14. The summed E-state index contributed by atoms with van der Waals surface area (Å²) in [6.07, 6.45) is 3.49. The lowest BCUT2D eigenvalue weighted by Crippen LogP contribution is -2.27. The van der Waals surface area contributed by atoms with Crippen molar-refractivity contribution in [2.75, 3.05) is 7.11 Å². The second-order valence-corrected chi connectivity index (χ2v) is 7.27. The average Bonchev–Trinajstić information content (AvgIpc) is 3.41. The fraction of sp³-hybridized carbons (Fsp3) is 0.130. The number of amides is 1. The third-order valence-corrected chi connectivity index (χ3v) is 5.27. The number of aromatic nitrogens is 5. The molecule has 0 saturated carbocycles. The number of hydrogen-bond acceptors (Lipinski definition) is 5. The zero-order valence-corrected chi connectivity index (χ0v) is 17.0. The molecule has 0 fully saturated rings. The number of H-pyrrole nitrogens is 2. The van der Waals surface area contributed by atoms with E-state index in [-0.39, 0.29) is 17.8 Å². The number of rotatable bonds is 5. The van der Waals surface area contributed by atoms with Crippen molar-refractivity contribution in [3.63, 3.8) is 0 Å². The molecule has 0 bridgehead atoms. The van der Waals surface area contributed by atoms with Gasteiger partial charge in [-0.15, -0.1) is 0 Å². The van der Waals surface area contributed by atoms with Crippen molar-refractivity contribution in [1.29, 1.82) is 0 Å². The predicted octanol–water partition coefficient (Wildman–Crippen LogP) is 4.00. The molecule has 8 nitrogen and oxygen atoms in total. The van der Waals surface area contributed by atoms with E-state index in [2.05, 4.69) is 30.5 Å². The fourth-order valence-corrected chi connectivity index (χ4v) is 3.62. The van der Waals surface area contributed by atoms with Crippen LogP contribution in [-0.2, 0) is 0 Å². The molecule has 1 amide bonds. The quantitative estimate of drug-likeness (QED) is 0.404. The van der Waals surface area contributed by atoms with Gasteiger partial charge in [-0.25, -0.2) is 9.97 Å². The van der Waals surface area contributed by atoms with Gasteiger partial charge in [0.05, 0.1) is 35.4 Å². The van der Waals surface area contributed by atoms with Crippen molar-refractivity contribution >= 4 is 27.8 Å². The van der Waals surface area contributed by atoms with Crippen LogP contribution in [0.5, 0.6) is 5.75 Å². The molecule has 0 aliphatic heterocycles. The minimum absolute atomic E-state index is 0.145. The van der Waals surface area contributed by atoms with Crippen molar-refractivity contribution in [3.05, 3.63) is 72.3 Å². The molecule has 3 aromatic heterocycles. The normalized spacial score (nSPS) is 12.2. The Labute approximate surface area is 177 Å². The van der Waals surface area contributed by atoms with E-state index in [4.69, 9.17) is 4.74 Å². The Hall–Kier alpha value is -4.20. The zero-order chi connectivity index (χ0) is 21.4. The van der Waals surface area contributed by atoms with Gasteiger partial charge < -0.3 is 15.2 Å². The predicted molar refractivity (Wildman–Crippen MR) is 118 cm³/mol.